The fraction of sp³-hybridized carbons (Fsp3) is 0.375. The molecule has 21 heavy (non-hydrogen) atoms. The summed E-state index contributed by atoms with van der Waals surface area (Å²) in [7, 11) is 3.61. The van der Waals surface area contributed by atoms with E-state index in [0.717, 1.165) is 16.4 Å². The first-order valence-corrected chi connectivity index (χ1v) is 7.77. The molecular weight excluding hydrogens is 282 g/mol. The molecule has 1 N–H and O–H groups in total. The van der Waals surface area contributed by atoms with Crippen LogP contribution in [-0.4, -0.2) is 35.9 Å². The Kier molecular flexibility index (Phi) is 5.09. The molecule has 0 aliphatic heterocycles. The number of carbonyl (C=O) groups excluding carboxylic acids is 1. The zero-order chi connectivity index (χ0) is 15.4. The van der Waals surface area contributed by atoms with Crippen molar-refractivity contribution in [3.8, 4) is 10.6 Å². The lowest BCUT2D eigenvalue weighted by Crippen LogP contribution is -2.41. The SMILES string of the molecule is CNC(=O)[C@H](C)N(C)Cc1cnc(-c2ccccc2C)s1. The molecule has 0 aliphatic rings. The summed E-state index contributed by atoms with van der Waals surface area (Å²) in [6.45, 7) is 4.72. The van der Waals surface area contributed by atoms with E-state index >= 15 is 0 Å². The summed E-state index contributed by atoms with van der Waals surface area (Å²) in [6.07, 6.45) is 1.90. The van der Waals surface area contributed by atoms with Crippen molar-refractivity contribution in [3.05, 3.63) is 40.9 Å². The Morgan fingerprint density at radius 1 is 1.43 bits per heavy atom. The Morgan fingerprint density at radius 2 is 2.14 bits per heavy atom. The molecule has 4 nitrogen and oxygen atoms in total. The third-order valence-electron chi connectivity index (χ3n) is 3.62. The molecule has 2 rings (SSSR count). The number of carbonyl (C=O) groups is 1. The number of hydrogen-bond donors (Lipinski definition) is 1. The van der Waals surface area contributed by atoms with Crippen molar-refractivity contribution in [2.24, 2.45) is 0 Å². The summed E-state index contributed by atoms with van der Waals surface area (Å²) in [5.74, 6) is 0.0288. The van der Waals surface area contributed by atoms with E-state index in [2.05, 4.69) is 29.4 Å². The van der Waals surface area contributed by atoms with E-state index in [1.54, 1.807) is 18.4 Å². The average molecular weight is 303 g/mol. The number of rotatable bonds is 5. The van der Waals surface area contributed by atoms with Gasteiger partial charge in [-0.15, -0.1) is 11.3 Å². The lowest BCUT2D eigenvalue weighted by molar-refractivity contribution is -0.125. The van der Waals surface area contributed by atoms with Gasteiger partial charge in [0.25, 0.3) is 0 Å². The van der Waals surface area contributed by atoms with Crippen LogP contribution in [0.4, 0.5) is 0 Å². The van der Waals surface area contributed by atoms with Crippen LogP contribution in [0, 0.1) is 6.92 Å². The van der Waals surface area contributed by atoms with Gasteiger partial charge in [-0.25, -0.2) is 4.98 Å². The van der Waals surface area contributed by atoms with Crippen LogP contribution in [0.25, 0.3) is 10.6 Å². The lowest BCUT2D eigenvalue weighted by atomic mass is 10.1. The maximum atomic E-state index is 11.6. The predicted molar refractivity (Wildman–Crippen MR) is 87.3 cm³/mol. The maximum absolute atomic E-state index is 11.6. The number of likely N-dealkylation sites (N-methyl/N-ethyl adjacent to an activating group) is 2. The Hall–Kier alpha value is -1.72. The van der Waals surface area contributed by atoms with E-state index in [9.17, 15) is 4.79 Å². The van der Waals surface area contributed by atoms with Gasteiger partial charge in [0, 0.05) is 30.2 Å². The number of aromatic nitrogens is 1. The molecule has 2 aromatic rings. The van der Waals surface area contributed by atoms with E-state index < -0.39 is 0 Å². The second-order valence-corrected chi connectivity index (χ2v) is 6.27. The minimum Gasteiger partial charge on any atom is -0.358 e. The van der Waals surface area contributed by atoms with Crippen LogP contribution in [-0.2, 0) is 11.3 Å². The number of benzene rings is 1. The zero-order valence-corrected chi connectivity index (χ0v) is 13.7. The smallest absolute Gasteiger partial charge is 0.236 e. The van der Waals surface area contributed by atoms with Crippen LogP contribution in [0.5, 0.6) is 0 Å². The van der Waals surface area contributed by atoms with Crippen molar-refractivity contribution >= 4 is 17.2 Å². The summed E-state index contributed by atoms with van der Waals surface area (Å²) in [6, 6.07) is 8.10. The highest BCUT2D eigenvalue weighted by molar-refractivity contribution is 7.15. The monoisotopic (exact) mass is 303 g/mol. The second kappa shape index (κ2) is 6.83. The largest absolute Gasteiger partial charge is 0.358 e. The van der Waals surface area contributed by atoms with E-state index in [0.29, 0.717) is 0 Å². The van der Waals surface area contributed by atoms with Gasteiger partial charge >= 0.3 is 0 Å². The van der Waals surface area contributed by atoms with Gasteiger partial charge in [-0.05, 0) is 26.5 Å². The first-order chi connectivity index (χ1) is 10.0. The van der Waals surface area contributed by atoms with Gasteiger partial charge in [0.1, 0.15) is 5.01 Å². The molecule has 0 saturated carbocycles. The lowest BCUT2D eigenvalue weighted by Gasteiger charge is -2.22. The third kappa shape index (κ3) is 3.68. The number of nitrogens with one attached hydrogen (secondary N) is 1. The third-order valence-corrected chi connectivity index (χ3v) is 4.64. The van der Waals surface area contributed by atoms with Crippen LogP contribution in [0.15, 0.2) is 30.5 Å². The van der Waals surface area contributed by atoms with Crippen molar-refractivity contribution in [2.45, 2.75) is 26.4 Å². The number of amides is 1. The molecule has 0 radical (unpaired) electrons. The van der Waals surface area contributed by atoms with Crippen molar-refractivity contribution < 1.29 is 4.79 Å². The first kappa shape index (κ1) is 15.7. The highest BCUT2D eigenvalue weighted by Crippen LogP contribution is 2.28. The Bertz CT molecular complexity index is 623. The van der Waals surface area contributed by atoms with Crippen LogP contribution in [0.3, 0.4) is 0 Å². The van der Waals surface area contributed by atoms with Crippen molar-refractivity contribution in [2.75, 3.05) is 14.1 Å². The van der Waals surface area contributed by atoms with Gasteiger partial charge in [0.2, 0.25) is 5.91 Å². The number of aryl methyl sites for hydroxylation is 1. The zero-order valence-electron chi connectivity index (χ0n) is 12.9. The van der Waals surface area contributed by atoms with Gasteiger partial charge in [-0.2, -0.15) is 0 Å². The predicted octanol–water partition coefficient (Wildman–Crippen LogP) is 2.68. The molecule has 0 aliphatic carbocycles. The molecule has 0 fully saturated rings. The summed E-state index contributed by atoms with van der Waals surface area (Å²) in [5, 5.41) is 3.71. The molecule has 0 spiro atoms. The molecule has 0 saturated heterocycles. The molecule has 112 valence electrons. The van der Waals surface area contributed by atoms with E-state index in [1.165, 1.54) is 11.1 Å². The number of hydrogen-bond acceptors (Lipinski definition) is 4. The van der Waals surface area contributed by atoms with Crippen LogP contribution < -0.4 is 5.32 Å². The van der Waals surface area contributed by atoms with Crippen LogP contribution in [0.2, 0.25) is 0 Å². The summed E-state index contributed by atoms with van der Waals surface area (Å²) < 4.78 is 0. The van der Waals surface area contributed by atoms with E-state index in [-0.39, 0.29) is 11.9 Å². The standard InChI is InChI=1S/C16H21N3OS/c1-11-7-5-6-8-14(11)16-18-9-13(21-16)10-19(4)12(2)15(20)17-3/h5-9,12H,10H2,1-4H3,(H,17,20)/t12-/m0/s1. The molecule has 0 bridgehead atoms. The minimum atomic E-state index is -0.154. The molecular formula is C16H21N3OS. The van der Waals surface area contributed by atoms with Gasteiger partial charge in [0.15, 0.2) is 0 Å². The topological polar surface area (TPSA) is 45.2 Å². The number of thiazole rings is 1. The molecule has 0 unspecified atom stereocenters. The fourth-order valence-corrected chi connectivity index (χ4v) is 3.18. The van der Waals surface area contributed by atoms with Gasteiger partial charge in [0.05, 0.1) is 6.04 Å². The molecule has 1 heterocycles. The van der Waals surface area contributed by atoms with Crippen molar-refractivity contribution in [3.63, 3.8) is 0 Å². The molecule has 1 aromatic carbocycles. The molecule has 1 aromatic heterocycles. The van der Waals surface area contributed by atoms with Gasteiger partial charge in [-0.1, -0.05) is 24.3 Å². The molecule has 1 amide bonds. The summed E-state index contributed by atoms with van der Waals surface area (Å²) in [5.41, 5.74) is 2.40. The number of nitrogens with zero attached hydrogens (tertiary/aromatic N) is 2. The van der Waals surface area contributed by atoms with Crippen LogP contribution >= 0.6 is 11.3 Å². The summed E-state index contributed by atoms with van der Waals surface area (Å²) in [4.78, 5) is 19.3. The van der Waals surface area contributed by atoms with E-state index in [4.69, 9.17) is 0 Å². The highest BCUT2D eigenvalue weighted by Gasteiger charge is 2.17. The minimum absolute atomic E-state index is 0.0288. The summed E-state index contributed by atoms with van der Waals surface area (Å²) >= 11 is 1.68. The van der Waals surface area contributed by atoms with Crippen LogP contribution in [0.1, 0.15) is 17.4 Å². The Morgan fingerprint density at radius 3 is 2.81 bits per heavy atom. The second-order valence-electron chi connectivity index (χ2n) is 5.15. The van der Waals surface area contributed by atoms with Gasteiger partial charge < -0.3 is 5.32 Å². The quantitative estimate of drug-likeness (QED) is 0.923. The van der Waals surface area contributed by atoms with Crippen molar-refractivity contribution in [1.29, 1.82) is 0 Å². The maximum Gasteiger partial charge on any atom is 0.236 e. The first-order valence-electron chi connectivity index (χ1n) is 6.95. The molecule has 5 heteroatoms. The van der Waals surface area contributed by atoms with E-state index in [1.807, 2.05) is 37.2 Å². The molecule has 1 atom stereocenters. The Labute approximate surface area is 129 Å². The highest BCUT2D eigenvalue weighted by atomic mass is 32.1. The van der Waals surface area contributed by atoms with Crippen molar-refractivity contribution in [1.82, 2.24) is 15.2 Å². The average Bonchev–Trinajstić information content (AvgIpc) is 2.94. The van der Waals surface area contributed by atoms with Gasteiger partial charge in [-0.3, -0.25) is 9.69 Å². The Balaban J connectivity index is 2.11. The fourth-order valence-electron chi connectivity index (χ4n) is 2.11. The normalized spacial score (nSPS) is 12.4.